The van der Waals surface area contributed by atoms with Crippen molar-refractivity contribution in [3.05, 3.63) is 58.1 Å². The molecule has 3 rings (SSSR count). The molecule has 23 heavy (non-hydrogen) atoms. The Labute approximate surface area is 131 Å². The Morgan fingerprint density at radius 3 is 2.65 bits per heavy atom. The van der Waals surface area contributed by atoms with Gasteiger partial charge in [-0.2, -0.15) is 0 Å². The SMILES string of the molecule is O=C(COc1ccccc1[N+](=O)[O-])c1ccc2c(c1)OCCO2. The van der Waals surface area contributed by atoms with Crippen molar-refractivity contribution in [3.63, 3.8) is 0 Å². The van der Waals surface area contributed by atoms with E-state index in [1.165, 1.54) is 18.2 Å². The number of rotatable bonds is 5. The van der Waals surface area contributed by atoms with Crippen LogP contribution in [0.1, 0.15) is 10.4 Å². The van der Waals surface area contributed by atoms with Gasteiger partial charge in [-0.25, -0.2) is 0 Å². The van der Waals surface area contributed by atoms with Crippen molar-refractivity contribution in [2.45, 2.75) is 0 Å². The van der Waals surface area contributed by atoms with Gasteiger partial charge in [0.1, 0.15) is 13.2 Å². The fourth-order valence-corrected chi connectivity index (χ4v) is 2.17. The molecule has 0 spiro atoms. The average Bonchev–Trinajstić information content (AvgIpc) is 2.59. The Hall–Kier alpha value is -3.09. The zero-order chi connectivity index (χ0) is 16.2. The largest absolute Gasteiger partial charge is 0.486 e. The highest BCUT2D eigenvalue weighted by molar-refractivity contribution is 5.97. The van der Waals surface area contributed by atoms with E-state index < -0.39 is 4.92 Å². The van der Waals surface area contributed by atoms with E-state index >= 15 is 0 Å². The lowest BCUT2D eigenvalue weighted by Crippen LogP contribution is -2.17. The standard InChI is InChI=1S/C16H13NO6/c18-13(10-23-14-4-2-1-3-12(14)17(19)20)11-5-6-15-16(9-11)22-8-7-21-15/h1-6,9H,7-8,10H2. The summed E-state index contributed by atoms with van der Waals surface area (Å²) in [6, 6.07) is 10.8. The molecule has 0 fully saturated rings. The van der Waals surface area contributed by atoms with Gasteiger partial charge in [0, 0.05) is 11.6 Å². The summed E-state index contributed by atoms with van der Waals surface area (Å²) >= 11 is 0. The number of para-hydroxylation sites is 2. The summed E-state index contributed by atoms with van der Waals surface area (Å²) in [5.41, 5.74) is 0.218. The molecule has 0 saturated carbocycles. The maximum atomic E-state index is 12.2. The Morgan fingerprint density at radius 2 is 1.87 bits per heavy atom. The minimum Gasteiger partial charge on any atom is -0.486 e. The topological polar surface area (TPSA) is 87.9 Å². The molecule has 0 atom stereocenters. The van der Waals surface area contributed by atoms with Crippen molar-refractivity contribution in [1.29, 1.82) is 0 Å². The van der Waals surface area contributed by atoms with Crippen molar-refractivity contribution in [1.82, 2.24) is 0 Å². The first-order valence-corrected chi connectivity index (χ1v) is 6.94. The van der Waals surface area contributed by atoms with Crippen LogP contribution in [0, 0.1) is 10.1 Å². The number of ketones is 1. The van der Waals surface area contributed by atoms with Gasteiger partial charge in [0.25, 0.3) is 0 Å². The van der Waals surface area contributed by atoms with Crippen molar-refractivity contribution in [3.8, 4) is 17.2 Å². The third-order valence-corrected chi connectivity index (χ3v) is 3.28. The maximum Gasteiger partial charge on any atom is 0.310 e. The molecule has 0 bridgehead atoms. The van der Waals surface area contributed by atoms with Gasteiger partial charge < -0.3 is 14.2 Å². The number of carbonyl (C=O) groups excluding carboxylic acids is 1. The molecule has 0 radical (unpaired) electrons. The molecule has 0 aromatic heterocycles. The Bertz CT molecular complexity index is 758. The Morgan fingerprint density at radius 1 is 1.13 bits per heavy atom. The molecule has 2 aromatic rings. The van der Waals surface area contributed by atoms with Crippen molar-refractivity contribution in [2.24, 2.45) is 0 Å². The summed E-state index contributed by atoms with van der Waals surface area (Å²) in [4.78, 5) is 22.5. The summed E-state index contributed by atoms with van der Waals surface area (Å²) < 4.78 is 16.1. The van der Waals surface area contributed by atoms with E-state index in [9.17, 15) is 14.9 Å². The van der Waals surface area contributed by atoms with E-state index in [1.54, 1.807) is 24.3 Å². The molecule has 7 heteroatoms. The van der Waals surface area contributed by atoms with Crippen LogP contribution in [-0.2, 0) is 0 Å². The Kier molecular flexibility index (Phi) is 4.09. The fraction of sp³-hybridized carbons (Fsp3) is 0.188. The van der Waals surface area contributed by atoms with E-state index in [4.69, 9.17) is 14.2 Å². The fourth-order valence-electron chi connectivity index (χ4n) is 2.17. The number of benzene rings is 2. The van der Waals surface area contributed by atoms with Crippen LogP contribution >= 0.6 is 0 Å². The first-order chi connectivity index (χ1) is 11.1. The predicted octanol–water partition coefficient (Wildman–Crippen LogP) is 2.63. The number of nitro groups is 1. The molecular formula is C16H13NO6. The molecule has 0 saturated heterocycles. The second-order valence-electron chi connectivity index (χ2n) is 4.80. The first-order valence-electron chi connectivity index (χ1n) is 6.94. The van der Waals surface area contributed by atoms with E-state index in [0.717, 1.165) is 0 Å². The maximum absolute atomic E-state index is 12.2. The number of nitrogens with zero attached hydrogens (tertiary/aromatic N) is 1. The molecule has 118 valence electrons. The summed E-state index contributed by atoms with van der Waals surface area (Å²) in [6.07, 6.45) is 0. The highest BCUT2D eigenvalue weighted by atomic mass is 16.6. The minimum absolute atomic E-state index is 0.0587. The molecule has 1 heterocycles. The smallest absolute Gasteiger partial charge is 0.310 e. The number of fused-ring (bicyclic) bond motifs is 1. The number of carbonyl (C=O) groups is 1. The van der Waals surface area contributed by atoms with Crippen molar-refractivity contribution < 1.29 is 23.9 Å². The third kappa shape index (κ3) is 3.23. The second-order valence-corrected chi connectivity index (χ2v) is 4.80. The molecular weight excluding hydrogens is 302 g/mol. The highest BCUT2D eigenvalue weighted by Gasteiger charge is 2.18. The van der Waals surface area contributed by atoms with Crippen molar-refractivity contribution >= 4 is 11.5 Å². The van der Waals surface area contributed by atoms with E-state index in [1.807, 2.05) is 0 Å². The number of ether oxygens (including phenoxy) is 3. The lowest BCUT2D eigenvalue weighted by molar-refractivity contribution is -0.385. The Balaban J connectivity index is 1.72. The number of nitro benzene ring substituents is 1. The molecule has 1 aliphatic heterocycles. The van der Waals surface area contributed by atoms with Gasteiger partial charge in [0.15, 0.2) is 29.6 Å². The minimum atomic E-state index is -0.552. The normalized spacial score (nSPS) is 12.5. The van der Waals surface area contributed by atoms with Gasteiger partial charge in [-0.05, 0) is 24.3 Å². The van der Waals surface area contributed by atoms with Crippen LogP contribution in [0.4, 0.5) is 5.69 Å². The van der Waals surface area contributed by atoms with Crippen LogP contribution in [-0.4, -0.2) is 30.5 Å². The van der Waals surface area contributed by atoms with E-state index in [0.29, 0.717) is 30.3 Å². The van der Waals surface area contributed by atoms with Gasteiger partial charge in [-0.1, -0.05) is 12.1 Å². The van der Waals surface area contributed by atoms with E-state index in [-0.39, 0.29) is 23.8 Å². The molecule has 7 nitrogen and oxygen atoms in total. The third-order valence-electron chi connectivity index (χ3n) is 3.28. The van der Waals surface area contributed by atoms with Gasteiger partial charge in [-0.15, -0.1) is 0 Å². The number of hydrogen-bond donors (Lipinski definition) is 0. The van der Waals surface area contributed by atoms with Crippen LogP contribution in [0.15, 0.2) is 42.5 Å². The van der Waals surface area contributed by atoms with Crippen LogP contribution in [0.25, 0.3) is 0 Å². The summed E-state index contributed by atoms with van der Waals surface area (Å²) in [6.45, 7) is 0.600. The molecule has 1 aliphatic rings. The molecule has 0 unspecified atom stereocenters. The first kappa shape index (κ1) is 14.8. The van der Waals surface area contributed by atoms with Crippen LogP contribution in [0.5, 0.6) is 17.2 Å². The van der Waals surface area contributed by atoms with Crippen LogP contribution < -0.4 is 14.2 Å². The second kappa shape index (κ2) is 6.35. The highest BCUT2D eigenvalue weighted by Crippen LogP contribution is 2.31. The van der Waals surface area contributed by atoms with Gasteiger partial charge in [0.05, 0.1) is 4.92 Å². The zero-order valence-electron chi connectivity index (χ0n) is 12.1. The van der Waals surface area contributed by atoms with Crippen molar-refractivity contribution in [2.75, 3.05) is 19.8 Å². The summed E-state index contributed by atoms with van der Waals surface area (Å²) in [7, 11) is 0. The monoisotopic (exact) mass is 315 g/mol. The zero-order valence-corrected chi connectivity index (χ0v) is 12.1. The molecule has 2 aromatic carbocycles. The quantitative estimate of drug-likeness (QED) is 0.479. The predicted molar refractivity (Wildman–Crippen MR) is 80.4 cm³/mol. The average molecular weight is 315 g/mol. The molecule has 0 N–H and O–H groups in total. The molecule has 0 amide bonds. The summed E-state index contributed by atoms with van der Waals surface area (Å²) in [5, 5.41) is 10.9. The van der Waals surface area contributed by atoms with E-state index in [2.05, 4.69) is 0 Å². The van der Waals surface area contributed by atoms with Crippen LogP contribution in [0.3, 0.4) is 0 Å². The van der Waals surface area contributed by atoms with Gasteiger partial charge in [-0.3, -0.25) is 14.9 Å². The van der Waals surface area contributed by atoms with Gasteiger partial charge in [0.2, 0.25) is 0 Å². The molecule has 0 aliphatic carbocycles. The lowest BCUT2D eigenvalue weighted by atomic mass is 10.1. The van der Waals surface area contributed by atoms with Crippen LogP contribution in [0.2, 0.25) is 0 Å². The van der Waals surface area contributed by atoms with Gasteiger partial charge >= 0.3 is 5.69 Å². The number of Topliss-reactive ketones (excluding diaryl/α,β-unsaturated/α-hetero) is 1. The lowest BCUT2D eigenvalue weighted by Gasteiger charge is -2.18. The summed E-state index contributed by atoms with van der Waals surface area (Å²) in [5.74, 6) is 0.851. The number of hydrogen-bond acceptors (Lipinski definition) is 6.